The van der Waals surface area contributed by atoms with Gasteiger partial charge in [-0.05, 0) is 50.1 Å². The molecule has 1 aromatic carbocycles. The second-order valence-corrected chi connectivity index (χ2v) is 7.43. The zero-order valence-corrected chi connectivity index (χ0v) is 20.9. The predicted octanol–water partition coefficient (Wildman–Crippen LogP) is 2.83. The summed E-state index contributed by atoms with van der Waals surface area (Å²) in [6.45, 7) is 12.0. The Hall–Kier alpha value is -2.36. The lowest BCUT2D eigenvalue weighted by molar-refractivity contribution is 0.0954. The fourth-order valence-corrected chi connectivity index (χ4v) is 3.59. The molecule has 7 nitrogen and oxygen atoms in total. The second-order valence-electron chi connectivity index (χ2n) is 7.43. The Kier molecular flexibility index (Phi) is 10.0. The number of guanidine groups is 1. The van der Waals surface area contributed by atoms with Crippen molar-refractivity contribution >= 4 is 41.5 Å². The molecule has 0 saturated carbocycles. The first-order chi connectivity index (χ1) is 14.6. The Bertz CT molecular complexity index is 866. The summed E-state index contributed by atoms with van der Waals surface area (Å²) in [6, 6.07) is 10.0. The first-order valence-electron chi connectivity index (χ1n) is 10.6. The van der Waals surface area contributed by atoms with Crippen LogP contribution in [-0.4, -0.2) is 67.6 Å². The summed E-state index contributed by atoms with van der Waals surface area (Å²) in [5.41, 5.74) is 4.58. The summed E-state index contributed by atoms with van der Waals surface area (Å²) in [5.74, 6) is 0.791. The van der Waals surface area contributed by atoms with Gasteiger partial charge in [0, 0.05) is 57.3 Å². The maximum Gasteiger partial charge on any atom is 0.252 e. The Labute approximate surface area is 202 Å². The summed E-state index contributed by atoms with van der Waals surface area (Å²) >= 11 is 0. The van der Waals surface area contributed by atoms with Crippen LogP contribution in [0.3, 0.4) is 0 Å². The first kappa shape index (κ1) is 24.9. The van der Waals surface area contributed by atoms with Crippen molar-refractivity contribution in [2.24, 2.45) is 4.99 Å². The number of carbonyl (C=O) groups excluding carboxylic acids is 1. The van der Waals surface area contributed by atoms with E-state index in [4.69, 9.17) is 4.99 Å². The molecular weight excluding hydrogens is 503 g/mol. The molecule has 2 heterocycles. The number of nitrogens with zero attached hydrogens (tertiary/aromatic N) is 4. The number of halogens is 1. The molecule has 1 aliphatic rings. The van der Waals surface area contributed by atoms with Gasteiger partial charge in [0.2, 0.25) is 0 Å². The predicted molar refractivity (Wildman–Crippen MR) is 138 cm³/mol. The van der Waals surface area contributed by atoms with E-state index in [0.717, 1.165) is 38.7 Å². The van der Waals surface area contributed by atoms with Gasteiger partial charge < -0.3 is 20.4 Å². The average Bonchev–Trinajstić information content (AvgIpc) is 2.78. The van der Waals surface area contributed by atoms with E-state index in [1.54, 1.807) is 24.5 Å². The molecule has 1 aliphatic heterocycles. The van der Waals surface area contributed by atoms with E-state index >= 15 is 0 Å². The topological polar surface area (TPSA) is 72.9 Å². The number of benzene rings is 1. The number of hydrogen-bond acceptors (Lipinski definition) is 4. The third kappa shape index (κ3) is 6.81. The Morgan fingerprint density at radius 1 is 1.10 bits per heavy atom. The van der Waals surface area contributed by atoms with Gasteiger partial charge in [-0.25, -0.2) is 0 Å². The van der Waals surface area contributed by atoms with Crippen molar-refractivity contribution in [3.05, 3.63) is 59.4 Å². The van der Waals surface area contributed by atoms with Crippen LogP contribution in [0.4, 0.5) is 5.69 Å². The lowest BCUT2D eigenvalue weighted by Crippen LogP contribution is -2.52. The second kappa shape index (κ2) is 12.5. The van der Waals surface area contributed by atoms with E-state index in [2.05, 4.69) is 64.4 Å². The van der Waals surface area contributed by atoms with Crippen molar-refractivity contribution in [1.82, 2.24) is 20.5 Å². The van der Waals surface area contributed by atoms with Gasteiger partial charge in [-0.2, -0.15) is 0 Å². The highest BCUT2D eigenvalue weighted by Gasteiger charge is 2.21. The van der Waals surface area contributed by atoms with E-state index in [9.17, 15) is 4.79 Å². The van der Waals surface area contributed by atoms with Crippen LogP contribution in [0.15, 0.2) is 47.7 Å². The summed E-state index contributed by atoms with van der Waals surface area (Å²) < 4.78 is 0. The van der Waals surface area contributed by atoms with Crippen molar-refractivity contribution < 1.29 is 4.79 Å². The van der Waals surface area contributed by atoms with Crippen LogP contribution >= 0.6 is 24.0 Å². The van der Waals surface area contributed by atoms with Gasteiger partial charge in [-0.15, -0.1) is 24.0 Å². The lowest BCUT2D eigenvalue weighted by atomic mass is 10.1. The van der Waals surface area contributed by atoms with Crippen molar-refractivity contribution in [3.8, 4) is 0 Å². The third-order valence-electron chi connectivity index (χ3n) is 5.41. The monoisotopic (exact) mass is 536 g/mol. The first-order valence-corrected chi connectivity index (χ1v) is 10.6. The Balaban J connectivity index is 0.00000341. The molecule has 1 aromatic heterocycles. The number of aryl methyl sites for hydroxylation is 1. The molecule has 2 aromatic rings. The maximum absolute atomic E-state index is 12.1. The molecule has 1 amide bonds. The van der Waals surface area contributed by atoms with Crippen LogP contribution in [0.2, 0.25) is 0 Å². The number of amides is 1. The highest BCUT2D eigenvalue weighted by atomic mass is 127. The van der Waals surface area contributed by atoms with Gasteiger partial charge in [0.15, 0.2) is 5.96 Å². The largest absolute Gasteiger partial charge is 0.368 e. The van der Waals surface area contributed by atoms with Gasteiger partial charge in [-0.3, -0.25) is 14.8 Å². The van der Waals surface area contributed by atoms with E-state index in [-0.39, 0.29) is 29.9 Å². The number of aromatic nitrogens is 1. The maximum atomic E-state index is 12.1. The van der Waals surface area contributed by atoms with Crippen LogP contribution in [-0.2, 0) is 0 Å². The molecule has 8 heteroatoms. The minimum absolute atomic E-state index is 0. The lowest BCUT2D eigenvalue weighted by Gasteiger charge is -2.38. The van der Waals surface area contributed by atoms with Gasteiger partial charge in [0.1, 0.15) is 0 Å². The average molecular weight is 536 g/mol. The Morgan fingerprint density at radius 3 is 2.55 bits per heavy atom. The van der Waals surface area contributed by atoms with Gasteiger partial charge in [0.05, 0.1) is 12.1 Å². The highest BCUT2D eigenvalue weighted by Crippen LogP contribution is 2.23. The molecule has 31 heavy (non-hydrogen) atoms. The smallest absolute Gasteiger partial charge is 0.252 e. The normalized spacial score (nSPS) is 14.1. The molecule has 1 saturated heterocycles. The summed E-state index contributed by atoms with van der Waals surface area (Å²) in [7, 11) is 0. The zero-order chi connectivity index (χ0) is 21.3. The quantitative estimate of drug-likeness (QED) is 0.257. The zero-order valence-electron chi connectivity index (χ0n) is 18.6. The van der Waals surface area contributed by atoms with Crippen molar-refractivity contribution in [3.63, 3.8) is 0 Å². The van der Waals surface area contributed by atoms with E-state index in [1.165, 1.54) is 16.8 Å². The molecule has 0 bridgehead atoms. The summed E-state index contributed by atoms with van der Waals surface area (Å²) in [5, 5.41) is 6.28. The van der Waals surface area contributed by atoms with Gasteiger partial charge >= 0.3 is 0 Å². The number of carbonyl (C=O) groups is 1. The standard InChI is InChI=1S/C23H32N6O.HI/c1-4-25-23(27-12-11-26-22(30)20-8-6-10-24-17-20)29-15-13-28(14-16-29)21-9-5-7-18(2)19(21)3;/h5-10,17H,4,11-16H2,1-3H3,(H,25,27)(H,26,30);1H. The number of aliphatic imine (C=N–C) groups is 1. The van der Waals surface area contributed by atoms with Crippen LogP contribution in [0.25, 0.3) is 0 Å². The fraction of sp³-hybridized carbons (Fsp3) is 0.435. The molecule has 0 unspecified atom stereocenters. The molecule has 1 fully saturated rings. The molecule has 3 rings (SSSR count). The number of nitrogens with one attached hydrogen (secondary N) is 2. The number of piperazine rings is 1. The van der Waals surface area contributed by atoms with Crippen LogP contribution in [0.1, 0.15) is 28.4 Å². The molecule has 0 atom stereocenters. The van der Waals surface area contributed by atoms with Crippen LogP contribution < -0.4 is 15.5 Å². The van der Waals surface area contributed by atoms with E-state index in [0.29, 0.717) is 18.7 Å². The van der Waals surface area contributed by atoms with E-state index in [1.807, 2.05) is 0 Å². The Morgan fingerprint density at radius 2 is 1.87 bits per heavy atom. The van der Waals surface area contributed by atoms with Crippen molar-refractivity contribution in [2.45, 2.75) is 20.8 Å². The number of pyridine rings is 1. The number of rotatable bonds is 6. The van der Waals surface area contributed by atoms with Gasteiger partial charge in [-0.1, -0.05) is 12.1 Å². The summed E-state index contributed by atoms with van der Waals surface area (Å²) in [4.78, 5) is 25.6. The molecule has 0 radical (unpaired) electrons. The molecular formula is C23H33IN6O. The summed E-state index contributed by atoms with van der Waals surface area (Å²) in [6.07, 6.45) is 3.22. The van der Waals surface area contributed by atoms with Crippen LogP contribution in [0, 0.1) is 13.8 Å². The van der Waals surface area contributed by atoms with E-state index < -0.39 is 0 Å². The molecule has 2 N–H and O–H groups in total. The fourth-order valence-electron chi connectivity index (χ4n) is 3.59. The minimum atomic E-state index is -0.120. The molecule has 0 aliphatic carbocycles. The number of hydrogen-bond donors (Lipinski definition) is 2. The third-order valence-corrected chi connectivity index (χ3v) is 5.41. The van der Waals surface area contributed by atoms with Crippen LogP contribution in [0.5, 0.6) is 0 Å². The minimum Gasteiger partial charge on any atom is -0.368 e. The molecule has 0 spiro atoms. The van der Waals surface area contributed by atoms with Crippen molar-refractivity contribution in [1.29, 1.82) is 0 Å². The number of anilines is 1. The van der Waals surface area contributed by atoms with Gasteiger partial charge in [0.25, 0.3) is 5.91 Å². The molecule has 168 valence electrons. The SMILES string of the molecule is CCNC(=NCCNC(=O)c1cccnc1)N1CCN(c2cccc(C)c2C)CC1.I. The highest BCUT2D eigenvalue weighted by molar-refractivity contribution is 14.0. The van der Waals surface area contributed by atoms with Crippen molar-refractivity contribution in [2.75, 3.05) is 50.7 Å².